The molecule has 1 unspecified atom stereocenters. The van der Waals surface area contributed by atoms with Crippen molar-refractivity contribution in [2.45, 2.75) is 26.2 Å². The van der Waals surface area contributed by atoms with Crippen molar-refractivity contribution < 1.29 is 4.79 Å². The molecule has 1 atom stereocenters. The molecule has 0 N–H and O–H groups in total. The summed E-state index contributed by atoms with van der Waals surface area (Å²) in [7, 11) is 0. The zero-order chi connectivity index (χ0) is 14.2. The Morgan fingerprint density at radius 1 is 1.20 bits per heavy atom. The van der Waals surface area contributed by atoms with Crippen LogP contribution in [0, 0.1) is 5.41 Å². The molecule has 0 fully saturated rings. The van der Waals surface area contributed by atoms with E-state index in [0.717, 1.165) is 30.5 Å². The van der Waals surface area contributed by atoms with Gasteiger partial charge in [0.1, 0.15) is 5.15 Å². The maximum absolute atomic E-state index is 12.8. The number of aromatic nitrogens is 1. The van der Waals surface area contributed by atoms with E-state index in [1.807, 2.05) is 24.3 Å². The molecule has 2 aromatic rings. The monoisotopic (exact) mass is 285 g/mol. The molecule has 0 saturated heterocycles. The van der Waals surface area contributed by atoms with E-state index < -0.39 is 0 Å². The van der Waals surface area contributed by atoms with E-state index in [2.05, 4.69) is 24.0 Å². The number of pyridine rings is 1. The molecule has 3 rings (SSSR count). The Hall–Kier alpha value is -1.67. The van der Waals surface area contributed by atoms with E-state index in [0.29, 0.717) is 5.15 Å². The fraction of sp³-hybridized carbons (Fsp3) is 0.294. The molecule has 102 valence electrons. The van der Waals surface area contributed by atoms with Gasteiger partial charge in [-0.05, 0) is 37.0 Å². The standard InChI is InChI=1S/C17H16ClNO/c1-17(11-12-5-3-2-4-6-12)10-9-14-13(16(17)20)7-8-15(18)19-14/h2-8H,9-11H2,1H3. The first-order chi connectivity index (χ1) is 9.58. The number of rotatable bonds is 2. The van der Waals surface area contributed by atoms with Crippen LogP contribution in [0.5, 0.6) is 0 Å². The summed E-state index contributed by atoms with van der Waals surface area (Å²) in [5, 5.41) is 0.461. The molecule has 1 aliphatic carbocycles. The summed E-state index contributed by atoms with van der Waals surface area (Å²) in [6, 6.07) is 13.7. The van der Waals surface area contributed by atoms with Crippen molar-refractivity contribution >= 4 is 17.4 Å². The van der Waals surface area contributed by atoms with Gasteiger partial charge in [0.2, 0.25) is 0 Å². The topological polar surface area (TPSA) is 30.0 Å². The average Bonchev–Trinajstić information content (AvgIpc) is 2.45. The fourth-order valence-electron chi connectivity index (χ4n) is 2.92. The maximum atomic E-state index is 12.8. The largest absolute Gasteiger partial charge is 0.293 e. The molecular formula is C17H16ClNO. The van der Waals surface area contributed by atoms with Crippen molar-refractivity contribution in [2.75, 3.05) is 0 Å². The molecule has 1 aromatic heterocycles. The Labute approximate surface area is 123 Å². The van der Waals surface area contributed by atoms with Gasteiger partial charge < -0.3 is 0 Å². The second-order valence-electron chi connectivity index (χ2n) is 5.68. The molecule has 0 bridgehead atoms. The summed E-state index contributed by atoms with van der Waals surface area (Å²) >= 11 is 5.90. The second-order valence-corrected chi connectivity index (χ2v) is 6.07. The summed E-state index contributed by atoms with van der Waals surface area (Å²) in [5.74, 6) is 0.187. The number of aryl methyl sites for hydroxylation is 1. The first kappa shape index (κ1) is 13.3. The lowest BCUT2D eigenvalue weighted by Crippen LogP contribution is -2.35. The van der Waals surface area contributed by atoms with Crippen LogP contribution in [0.4, 0.5) is 0 Å². The number of hydrogen-bond donors (Lipinski definition) is 0. The Morgan fingerprint density at radius 2 is 1.95 bits per heavy atom. The van der Waals surface area contributed by atoms with Gasteiger partial charge in [0.15, 0.2) is 5.78 Å². The van der Waals surface area contributed by atoms with Crippen molar-refractivity contribution in [1.29, 1.82) is 0 Å². The fourth-order valence-corrected chi connectivity index (χ4v) is 3.09. The minimum Gasteiger partial charge on any atom is -0.293 e. The zero-order valence-electron chi connectivity index (χ0n) is 11.4. The molecule has 1 heterocycles. The van der Waals surface area contributed by atoms with Crippen molar-refractivity contribution in [1.82, 2.24) is 4.98 Å². The highest BCUT2D eigenvalue weighted by molar-refractivity contribution is 6.29. The van der Waals surface area contributed by atoms with Crippen molar-refractivity contribution in [2.24, 2.45) is 5.41 Å². The molecule has 1 aliphatic rings. The van der Waals surface area contributed by atoms with Gasteiger partial charge in [0, 0.05) is 11.0 Å². The lowest BCUT2D eigenvalue weighted by molar-refractivity contribution is 0.0782. The SMILES string of the molecule is CC1(Cc2ccccc2)CCc2nc(Cl)ccc2C1=O. The highest BCUT2D eigenvalue weighted by atomic mass is 35.5. The van der Waals surface area contributed by atoms with Crippen molar-refractivity contribution in [3.8, 4) is 0 Å². The Morgan fingerprint density at radius 3 is 2.70 bits per heavy atom. The number of halogens is 1. The molecule has 0 amide bonds. The van der Waals surface area contributed by atoms with Gasteiger partial charge >= 0.3 is 0 Å². The Balaban J connectivity index is 1.93. The normalized spacial score (nSPS) is 21.6. The van der Waals surface area contributed by atoms with Crippen LogP contribution in [-0.2, 0) is 12.8 Å². The first-order valence-electron chi connectivity index (χ1n) is 6.83. The quantitative estimate of drug-likeness (QED) is 0.777. The summed E-state index contributed by atoms with van der Waals surface area (Å²) in [5.41, 5.74) is 2.44. The van der Waals surface area contributed by atoms with Crippen LogP contribution in [0.3, 0.4) is 0 Å². The zero-order valence-corrected chi connectivity index (χ0v) is 12.2. The molecule has 0 saturated carbocycles. The van der Waals surface area contributed by atoms with Crippen LogP contribution in [0.15, 0.2) is 42.5 Å². The average molecular weight is 286 g/mol. The number of carbonyl (C=O) groups excluding carboxylic acids is 1. The Kier molecular flexibility index (Phi) is 3.35. The lowest BCUT2D eigenvalue weighted by Gasteiger charge is -2.33. The van der Waals surface area contributed by atoms with Crippen LogP contribution in [0.2, 0.25) is 5.15 Å². The third-order valence-electron chi connectivity index (χ3n) is 4.08. The molecule has 0 spiro atoms. The molecule has 20 heavy (non-hydrogen) atoms. The van der Waals surface area contributed by atoms with E-state index in [1.54, 1.807) is 6.07 Å². The number of Topliss-reactive ketones (excluding diaryl/α,β-unsaturated/α-hetero) is 1. The summed E-state index contributed by atoms with van der Waals surface area (Å²) < 4.78 is 0. The smallest absolute Gasteiger partial charge is 0.170 e. The molecule has 1 aromatic carbocycles. The third-order valence-corrected chi connectivity index (χ3v) is 4.29. The van der Waals surface area contributed by atoms with Gasteiger partial charge in [-0.2, -0.15) is 0 Å². The number of nitrogens with zero attached hydrogens (tertiary/aromatic N) is 1. The lowest BCUT2D eigenvalue weighted by atomic mass is 9.70. The number of hydrogen-bond acceptors (Lipinski definition) is 2. The van der Waals surface area contributed by atoms with Gasteiger partial charge in [-0.3, -0.25) is 4.79 Å². The van der Waals surface area contributed by atoms with Gasteiger partial charge in [-0.25, -0.2) is 4.98 Å². The molecular weight excluding hydrogens is 270 g/mol. The predicted octanol–water partition coefficient (Wildman–Crippen LogP) is 4.11. The van der Waals surface area contributed by atoms with Crippen LogP contribution < -0.4 is 0 Å². The second kappa shape index (κ2) is 5.02. The minimum absolute atomic E-state index is 0.187. The molecule has 0 radical (unpaired) electrons. The van der Waals surface area contributed by atoms with E-state index in [4.69, 9.17) is 11.6 Å². The van der Waals surface area contributed by atoms with Gasteiger partial charge in [0.05, 0.1) is 5.69 Å². The number of benzene rings is 1. The van der Waals surface area contributed by atoms with E-state index in [9.17, 15) is 4.79 Å². The van der Waals surface area contributed by atoms with Crippen LogP contribution >= 0.6 is 11.6 Å². The van der Waals surface area contributed by atoms with E-state index >= 15 is 0 Å². The van der Waals surface area contributed by atoms with Crippen LogP contribution in [0.25, 0.3) is 0 Å². The Bertz CT molecular complexity index is 653. The van der Waals surface area contributed by atoms with Gasteiger partial charge in [-0.1, -0.05) is 48.9 Å². The summed E-state index contributed by atoms with van der Waals surface area (Å²) in [6.45, 7) is 2.06. The highest BCUT2D eigenvalue weighted by Gasteiger charge is 2.38. The summed E-state index contributed by atoms with van der Waals surface area (Å²) in [4.78, 5) is 17.1. The van der Waals surface area contributed by atoms with Crippen LogP contribution in [0.1, 0.15) is 35.0 Å². The maximum Gasteiger partial charge on any atom is 0.170 e. The van der Waals surface area contributed by atoms with Gasteiger partial charge in [0.25, 0.3) is 0 Å². The van der Waals surface area contributed by atoms with Crippen molar-refractivity contribution in [3.63, 3.8) is 0 Å². The minimum atomic E-state index is -0.343. The first-order valence-corrected chi connectivity index (χ1v) is 7.20. The summed E-state index contributed by atoms with van der Waals surface area (Å²) in [6.07, 6.45) is 2.40. The number of ketones is 1. The predicted molar refractivity (Wildman–Crippen MR) is 80.2 cm³/mol. The molecule has 3 heteroatoms. The number of carbonyl (C=O) groups is 1. The van der Waals surface area contributed by atoms with Crippen molar-refractivity contribution in [3.05, 3.63) is 64.4 Å². The molecule has 2 nitrogen and oxygen atoms in total. The third kappa shape index (κ3) is 2.36. The van der Waals surface area contributed by atoms with E-state index in [-0.39, 0.29) is 11.2 Å². The van der Waals surface area contributed by atoms with Crippen LogP contribution in [-0.4, -0.2) is 10.8 Å². The molecule has 0 aliphatic heterocycles. The number of fused-ring (bicyclic) bond motifs is 1. The van der Waals surface area contributed by atoms with E-state index in [1.165, 1.54) is 5.56 Å². The highest BCUT2D eigenvalue weighted by Crippen LogP contribution is 2.37. The van der Waals surface area contributed by atoms with Gasteiger partial charge in [-0.15, -0.1) is 0 Å².